The summed E-state index contributed by atoms with van der Waals surface area (Å²) in [6.07, 6.45) is 2.14. The van der Waals surface area contributed by atoms with E-state index in [2.05, 4.69) is 19.2 Å². The van der Waals surface area contributed by atoms with Crippen LogP contribution in [0.15, 0.2) is 0 Å². The molecular weight excluding hydrogens is 166 g/mol. The first-order chi connectivity index (χ1) is 6.20. The fourth-order valence-electron chi connectivity index (χ4n) is 1.06. The second-order valence-corrected chi connectivity index (χ2v) is 4.03. The van der Waals surface area contributed by atoms with Crippen molar-refractivity contribution in [2.75, 3.05) is 19.8 Å². The lowest BCUT2D eigenvalue weighted by Gasteiger charge is -2.07. The Morgan fingerprint density at radius 2 is 2.23 bits per heavy atom. The van der Waals surface area contributed by atoms with E-state index < -0.39 is 0 Å². The molecule has 1 saturated carbocycles. The molecule has 1 fully saturated rings. The lowest BCUT2D eigenvalue weighted by molar-refractivity contribution is -0.122. The maximum atomic E-state index is 11.1. The molecule has 3 nitrogen and oxygen atoms in total. The molecule has 0 spiro atoms. The number of amides is 1. The van der Waals surface area contributed by atoms with Crippen LogP contribution in [0.1, 0.15) is 26.7 Å². The van der Waals surface area contributed by atoms with Crippen LogP contribution in [0.5, 0.6) is 0 Å². The second-order valence-electron chi connectivity index (χ2n) is 4.03. The average molecular weight is 185 g/mol. The fraction of sp³-hybridized carbons (Fsp3) is 0.900. The van der Waals surface area contributed by atoms with Gasteiger partial charge >= 0.3 is 0 Å². The standard InChI is InChI=1S/C10H19NO2/c1-8(2)7-13-6-5-11-10(12)9-3-4-9/h8-9H,3-7H2,1-2H3,(H,11,12). The first-order valence-corrected chi connectivity index (χ1v) is 5.05. The molecule has 0 aromatic heterocycles. The molecule has 0 heterocycles. The van der Waals surface area contributed by atoms with Crippen LogP contribution in [-0.2, 0) is 9.53 Å². The van der Waals surface area contributed by atoms with E-state index in [9.17, 15) is 4.79 Å². The maximum Gasteiger partial charge on any atom is 0.223 e. The van der Waals surface area contributed by atoms with E-state index in [1.807, 2.05) is 0 Å². The Morgan fingerprint density at radius 3 is 2.77 bits per heavy atom. The van der Waals surface area contributed by atoms with Crippen molar-refractivity contribution in [3.63, 3.8) is 0 Å². The van der Waals surface area contributed by atoms with Crippen LogP contribution in [0.4, 0.5) is 0 Å². The molecule has 1 amide bonds. The minimum atomic E-state index is 0.202. The Kier molecular flexibility index (Phi) is 4.22. The van der Waals surface area contributed by atoms with Crippen molar-refractivity contribution in [3.8, 4) is 0 Å². The molecule has 0 aromatic rings. The zero-order valence-electron chi connectivity index (χ0n) is 8.51. The Hall–Kier alpha value is -0.570. The van der Waals surface area contributed by atoms with Crippen LogP contribution in [0.25, 0.3) is 0 Å². The van der Waals surface area contributed by atoms with Crippen LogP contribution in [-0.4, -0.2) is 25.7 Å². The second kappa shape index (κ2) is 5.22. The molecule has 1 N–H and O–H groups in total. The largest absolute Gasteiger partial charge is 0.379 e. The molecule has 1 rings (SSSR count). The molecular formula is C10H19NO2. The summed E-state index contributed by atoms with van der Waals surface area (Å²) in [6.45, 7) is 6.30. The van der Waals surface area contributed by atoms with Gasteiger partial charge in [0.25, 0.3) is 0 Å². The van der Waals surface area contributed by atoms with Crippen molar-refractivity contribution < 1.29 is 9.53 Å². The highest BCUT2D eigenvalue weighted by atomic mass is 16.5. The average Bonchev–Trinajstić information content (AvgIpc) is 2.85. The topological polar surface area (TPSA) is 38.3 Å². The van der Waals surface area contributed by atoms with Gasteiger partial charge in [-0.2, -0.15) is 0 Å². The number of carbonyl (C=O) groups is 1. The molecule has 76 valence electrons. The Morgan fingerprint density at radius 1 is 1.54 bits per heavy atom. The van der Waals surface area contributed by atoms with Crippen molar-refractivity contribution in [2.24, 2.45) is 11.8 Å². The summed E-state index contributed by atoms with van der Waals surface area (Å²) in [5.74, 6) is 1.08. The lowest BCUT2D eigenvalue weighted by Crippen LogP contribution is -2.28. The van der Waals surface area contributed by atoms with E-state index >= 15 is 0 Å². The predicted molar refractivity (Wildman–Crippen MR) is 51.4 cm³/mol. The molecule has 0 aliphatic heterocycles. The van der Waals surface area contributed by atoms with Gasteiger partial charge in [0, 0.05) is 19.1 Å². The minimum Gasteiger partial charge on any atom is -0.379 e. The number of hydrogen-bond donors (Lipinski definition) is 1. The van der Waals surface area contributed by atoms with Crippen molar-refractivity contribution >= 4 is 5.91 Å². The number of nitrogens with one attached hydrogen (secondary N) is 1. The molecule has 1 aliphatic rings. The summed E-state index contributed by atoms with van der Waals surface area (Å²) in [6, 6.07) is 0. The molecule has 0 bridgehead atoms. The van der Waals surface area contributed by atoms with Crippen LogP contribution in [0.3, 0.4) is 0 Å². The Balaban J connectivity index is 1.86. The van der Waals surface area contributed by atoms with Gasteiger partial charge in [-0.25, -0.2) is 0 Å². The van der Waals surface area contributed by atoms with Gasteiger partial charge in [0.05, 0.1) is 6.61 Å². The van der Waals surface area contributed by atoms with Crippen molar-refractivity contribution in [2.45, 2.75) is 26.7 Å². The fourth-order valence-corrected chi connectivity index (χ4v) is 1.06. The van der Waals surface area contributed by atoms with E-state index in [-0.39, 0.29) is 5.91 Å². The van der Waals surface area contributed by atoms with E-state index in [0.717, 1.165) is 19.4 Å². The van der Waals surface area contributed by atoms with Crippen LogP contribution >= 0.6 is 0 Å². The van der Waals surface area contributed by atoms with E-state index in [1.165, 1.54) is 0 Å². The van der Waals surface area contributed by atoms with Crippen molar-refractivity contribution in [3.05, 3.63) is 0 Å². The molecule has 0 radical (unpaired) electrons. The minimum absolute atomic E-state index is 0.202. The first-order valence-electron chi connectivity index (χ1n) is 5.05. The normalized spacial score (nSPS) is 16.2. The summed E-state index contributed by atoms with van der Waals surface area (Å²) >= 11 is 0. The van der Waals surface area contributed by atoms with Gasteiger partial charge < -0.3 is 10.1 Å². The highest BCUT2D eigenvalue weighted by Gasteiger charge is 2.28. The van der Waals surface area contributed by atoms with Crippen molar-refractivity contribution in [1.82, 2.24) is 5.32 Å². The highest BCUT2D eigenvalue weighted by molar-refractivity contribution is 5.80. The Labute approximate surface area is 79.8 Å². The van der Waals surface area contributed by atoms with E-state index in [0.29, 0.717) is 25.0 Å². The monoisotopic (exact) mass is 185 g/mol. The summed E-state index contributed by atoms with van der Waals surface area (Å²) in [5, 5.41) is 2.85. The summed E-state index contributed by atoms with van der Waals surface area (Å²) in [4.78, 5) is 11.1. The smallest absolute Gasteiger partial charge is 0.223 e. The number of hydrogen-bond acceptors (Lipinski definition) is 2. The number of rotatable bonds is 6. The van der Waals surface area contributed by atoms with E-state index in [1.54, 1.807) is 0 Å². The summed E-state index contributed by atoms with van der Waals surface area (Å²) < 4.78 is 5.33. The third-order valence-corrected chi connectivity index (χ3v) is 1.94. The van der Waals surface area contributed by atoms with Gasteiger partial charge in [0.2, 0.25) is 5.91 Å². The quantitative estimate of drug-likeness (QED) is 0.631. The maximum absolute atomic E-state index is 11.1. The highest BCUT2D eigenvalue weighted by Crippen LogP contribution is 2.28. The number of ether oxygens (including phenoxy) is 1. The predicted octanol–water partition coefficient (Wildman–Crippen LogP) is 1.19. The molecule has 0 atom stereocenters. The number of carbonyl (C=O) groups excluding carboxylic acids is 1. The van der Waals surface area contributed by atoms with E-state index in [4.69, 9.17) is 4.74 Å². The van der Waals surface area contributed by atoms with Gasteiger partial charge in [-0.3, -0.25) is 4.79 Å². The third kappa shape index (κ3) is 4.88. The lowest BCUT2D eigenvalue weighted by atomic mass is 10.2. The van der Waals surface area contributed by atoms with Crippen LogP contribution < -0.4 is 5.32 Å². The van der Waals surface area contributed by atoms with Gasteiger partial charge in [-0.15, -0.1) is 0 Å². The summed E-state index contributed by atoms with van der Waals surface area (Å²) in [5.41, 5.74) is 0. The van der Waals surface area contributed by atoms with Crippen LogP contribution in [0, 0.1) is 11.8 Å². The van der Waals surface area contributed by atoms with Gasteiger partial charge in [-0.05, 0) is 18.8 Å². The first kappa shape index (κ1) is 10.5. The van der Waals surface area contributed by atoms with Gasteiger partial charge in [0.15, 0.2) is 0 Å². The summed E-state index contributed by atoms with van der Waals surface area (Å²) in [7, 11) is 0. The molecule has 0 aromatic carbocycles. The molecule has 13 heavy (non-hydrogen) atoms. The Bertz CT molecular complexity index is 164. The van der Waals surface area contributed by atoms with Gasteiger partial charge in [0.1, 0.15) is 0 Å². The third-order valence-electron chi connectivity index (χ3n) is 1.94. The van der Waals surface area contributed by atoms with Crippen molar-refractivity contribution in [1.29, 1.82) is 0 Å². The van der Waals surface area contributed by atoms with Gasteiger partial charge in [-0.1, -0.05) is 13.8 Å². The SMILES string of the molecule is CC(C)COCCNC(=O)C1CC1. The van der Waals surface area contributed by atoms with Crippen LogP contribution in [0.2, 0.25) is 0 Å². The molecule has 3 heteroatoms. The molecule has 0 saturated heterocycles. The zero-order chi connectivity index (χ0) is 9.68. The zero-order valence-corrected chi connectivity index (χ0v) is 8.51. The molecule has 1 aliphatic carbocycles. The molecule has 0 unspecified atom stereocenters.